The van der Waals surface area contributed by atoms with Crippen molar-refractivity contribution in [2.45, 2.75) is 6.92 Å². The van der Waals surface area contributed by atoms with Crippen LogP contribution in [0.4, 0.5) is 0 Å². The predicted molar refractivity (Wildman–Crippen MR) is 96.6 cm³/mol. The van der Waals surface area contributed by atoms with Crippen molar-refractivity contribution >= 4 is 11.8 Å². The van der Waals surface area contributed by atoms with E-state index < -0.39 is 0 Å². The van der Waals surface area contributed by atoms with Crippen LogP contribution in [0.15, 0.2) is 53.1 Å². The molecule has 3 aromatic rings. The van der Waals surface area contributed by atoms with E-state index in [4.69, 9.17) is 4.42 Å². The molecular weight excluding hydrogens is 346 g/mol. The van der Waals surface area contributed by atoms with Crippen LogP contribution in [0.2, 0.25) is 0 Å². The Bertz CT molecular complexity index is 941. The number of piperazine rings is 1. The van der Waals surface area contributed by atoms with E-state index in [1.807, 2.05) is 30.3 Å². The number of nitrogens with zero attached hydrogens (tertiary/aromatic N) is 5. The highest BCUT2D eigenvalue weighted by Crippen LogP contribution is 2.14. The maximum atomic E-state index is 12.9. The number of carbonyl (C=O) groups is 2. The number of benzene rings is 1. The molecule has 0 spiro atoms. The summed E-state index contributed by atoms with van der Waals surface area (Å²) >= 11 is 0. The Morgan fingerprint density at radius 3 is 2.19 bits per heavy atom. The lowest BCUT2D eigenvalue weighted by atomic mass is 10.2. The molecular formula is C19H19N5O3. The molecule has 0 N–H and O–H groups in total. The first-order chi connectivity index (χ1) is 13.1. The zero-order valence-corrected chi connectivity index (χ0v) is 14.9. The third-order valence-electron chi connectivity index (χ3n) is 4.56. The van der Waals surface area contributed by atoms with Crippen LogP contribution in [-0.4, -0.2) is 62.8 Å². The first-order valence-electron chi connectivity index (χ1n) is 8.75. The molecule has 8 heteroatoms. The maximum absolute atomic E-state index is 12.9. The Labute approximate surface area is 156 Å². The van der Waals surface area contributed by atoms with Crippen molar-refractivity contribution in [2.75, 3.05) is 26.2 Å². The summed E-state index contributed by atoms with van der Waals surface area (Å²) in [5.74, 6) is -0.00509. The van der Waals surface area contributed by atoms with E-state index in [0.29, 0.717) is 43.3 Å². The lowest BCUT2D eigenvalue weighted by Gasteiger charge is -2.34. The number of carbonyl (C=O) groups excluding carboxylic acids is 2. The van der Waals surface area contributed by atoms with Gasteiger partial charge in [0.05, 0.1) is 17.6 Å². The van der Waals surface area contributed by atoms with Crippen LogP contribution in [0.25, 0.3) is 5.69 Å². The van der Waals surface area contributed by atoms with Crippen LogP contribution in [0.1, 0.15) is 26.7 Å². The Morgan fingerprint density at radius 2 is 1.56 bits per heavy atom. The van der Waals surface area contributed by atoms with Gasteiger partial charge in [-0.25, -0.2) is 0 Å². The number of furan rings is 1. The van der Waals surface area contributed by atoms with Crippen molar-refractivity contribution < 1.29 is 14.0 Å². The number of aromatic nitrogens is 3. The summed E-state index contributed by atoms with van der Waals surface area (Å²) in [4.78, 5) is 30.1. The number of hydrogen-bond acceptors (Lipinski definition) is 5. The average molecular weight is 365 g/mol. The fraction of sp³-hybridized carbons (Fsp3) is 0.263. The molecule has 138 valence electrons. The van der Waals surface area contributed by atoms with Gasteiger partial charge in [-0.15, -0.1) is 5.10 Å². The SMILES string of the molecule is Cc1nn(-c2ccccc2)nc1C(=O)N1CCN(C(=O)c2ccco2)CC1. The fourth-order valence-electron chi connectivity index (χ4n) is 3.07. The summed E-state index contributed by atoms with van der Waals surface area (Å²) in [6.07, 6.45) is 1.48. The summed E-state index contributed by atoms with van der Waals surface area (Å²) in [5, 5.41) is 8.72. The minimum atomic E-state index is -0.167. The summed E-state index contributed by atoms with van der Waals surface area (Å²) in [5.41, 5.74) is 1.72. The van der Waals surface area contributed by atoms with Crippen molar-refractivity contribution in [1.29, 1.82) is 0 Å². The van der Waals surface area contributed by atoms with E-state index in [1.165, 1.54) is 11.1 Å². The second kappa shape index (κ2) is 7.06. The lowest BCUT2D eigenvalue weighted by molar-refractivity contribution is 0.0514. The molecule has 0 radical (unpaired) electrons. The molecule has 0 aliphatic carbocycles. The Balaban J connectivity index is 1.44. The van der Waals surface area contributed by atoms with Crippen molar-refractivity contribution in [1.82, 2.24) is 24.8 Å². The smallest absolute Gasteiger partial charge is 0.289 e. The van der Waals surface area contributed by atoms with E-state index in [-0.39, 0.29) is 11.8 Å². The zero-order valence-electron chi connectivity index (χ0n) is 14.9. The van der Waals surface area contributed by atoms with E-state index in [1.54, 1.807) is 28.9 Å². The van der Waals surface area contributed by atoms with Crippen molar-refractivity contribution in [3.8, 4) is 5.69 Å². The first kappa shape index (κ1) is 17.0. The molecule has 2 aromatic heterocycles. The third-order valence-corrected chi connectivity index (χ3v) is 4.56. The number of amides is 2. The molecule has 0 saturated carbocycles. The Kier molecular flexibility index (Phi) is 4.45. The molecule has 1 aliphatic heterocycles. The summed E-state index contributed by atoms with van der Waals surface area (Å²) in [6.45, 7) is 3.58. The molecule has 1 aliphatic rings. The van der Waals surface area contributed by atoms with E-state index in [0.717, 1.165) is 5.69 Å². The fourth-order valence-corrected chi connectivity index (χ4v) is 3.07. The summed E-state index contributed by atoms with van der Waals surface area (Å²) < 4.78 is 5.16. The quantitative estimate of drug-likeness (QED) is 0.706. The summed E-state index contributed by atoms with van der Waals surface area (Å²) in [6, 6.07) is 12.8. The van der Waals surface area contributed by atoms with Gasteiger partial charge in [-0.2, -0.15) is 9.90 Å². The number of rotatable bonds is 3. The van der Waals surface area contributed by atoms with Gasteiger partial charge in [0, 0.05) is 26.2 Å². The second-order valence-electron chi connectivity index (χ2n) is 6.32. The summed E-state index contributed by atoms with van der Waals surface area (Å²) in [7, 11) is 0. The molecule has 1 fully saturated rings. The molecule has 2 amide bonds. The van der Waals surface area contributed by atoms with Crippen molar-refractivity contribution in [3.05, 3.63) is 65.9 Å². The molecule has 0 bridgehead atoms. The zero-order chi connectivity index (χ0) is 18.8. The number of para-hydroxylation sites is 1. The highest BCUT2D eigenvalue weighted by Gasteiger charge is 2.29. The topological polar surface area (TPSA) is 84.5 Å². The highest BCUT2D eigenvalue weighted by atomic mass is 16.3. The average Bonchev–Trinajstić information content (AvgIpc) is 3.38. The molecule has 8 nitrogen and oxygen atoms in total. The van der Waals surface area contributed by atoms with Crippen LogP contribution in [0.5, 0.6) is 0 Å². The van der Waals surface area contributed by atoms with Gasteiger partial charge in [0.1, 0.15) is 0 Å². The maximum Gasteiger partial charge on any atom is 0.289 e. The normalized spacial score (nSPS) is 14.4. The first-order valence-corrected chi connectivity index (χ1v) is 8.75. The van der Waals surface area contributed by atoms with Gasteiger partial charge in [-0.3, -0.25) is 9.59 Å². The van der Waals surface area contributed by atoms with Gasteiger partial charge in [0.25, 0.3) is 11.8 Å². The molecule has 0 atom stereocenters. The molecule has 3 heterocycles. The number of hydrogen-bond donors (Lipinski definition) is 0. The molecule has 1 aromatic carbocycles. The van der Waals surface area contributed by atoms with E-state index in [2.05, 4.69) is 10.2 Å². The standard InChI is InChI=1S/C19H19N5O3/c1-14-17(21-24(20-14)15-6-3-2-4-7-15)19(26)23-11-9-22(10-12-23)18(25)16-8-5-13-27-16/h2-8,13H,9-12H2,1H3. The van der Waals surface area contributed by atoms with Gasteiger partial charge < -0.3 is 14.2 Å². The predicted octanol–water partition coefficient (Wildman–Crippen LogP) is 1.77. The second-order valence-corrected chi connectivity index (χ2v) is 6.32. The molecule has 1 saturated heterocycles. The number of aryl methyl sites for hydroxylation is 1. The lowest BCUT2D eigenvalue weighted by Crippen LogP contribution is -2.50. The van der Waals surface area contributed by atoms with Gasteiger partial charge in [0.15, 0.2) is 11.5 Å². The Morgan fingerprint density at radius 1 is 0.889 bits per heavy atom. The van der Waals surface area contributed by atoms with Gasteiger partial charge >= 0.3 is 0 Å². The van der Waals surface area contributed by atoms with Crippen LogP contribution in [0.3, 0.4) is 0 Å². The molecule has 4 rings (SSSR count). The molecule has 27 heavy (non-hydrogen) atoms. The van der Waals surface area contributed by atoms with E-state index >= 15 is 0 Å². The van der Waals surface area contributed by atoms with Gasteiger partial charge in [0.2, 0.25) is 0 Å². The Hall–Kier alpha value is -3.42. The minimum absolute atomic E-state index is 0.154. The van der Waals surface area contributed by atoms with Crippen LogP contribution in [0, 0.1) is 6.92 Å². The third kappa shape index (κ3) is 3.33. The van der Waals surface area contributed by atoms with Crippen LogP contribution < -0.4 is 0 Å². The van der Waals surface area contributed by atoms with Gasteiger partial charge in [-0.05, 0) is 31.2 Å². The van der Waals surface area contributed by atoms with Crippen LogP contribution in [-0.2, 0) is 0 Å². The monoisotopic (exact) mass is 365 g/mol. The van der Waals surface area contributed by atoms with Crippen molar-refractivity contribution in [2.24, 2.45) is 0 Å². The molecule has 0 unspecified atom stereocenters. The van der Waals surface area contributed by atoms with Gasteiger partial charge in [-0.1, -0.05) is 18.2 Å². The minimum Gasteiger partial charge on any atom is -0.459 e. The van der Waals surface area contributed by atoms with E-state index in [9.17, 15) is 9.59 Å². The highest BCUT2D eigenvalue weighted by molar-refractivity contribution is 5.94. The largest absolute Gasteiger partial charge is 0.459 e. The van der Waals surface area contributed by atoms with Crippen molar-refractivity contribution in [3.63, 3.8) is 0 Å². The van der Waals surface area contributed by atoms with Crippen LogP contribution >= 0.6 is 0 Å².